The maximum absolute atomic E-state index is 5.41. The monoisotopic (exact) mass is 266 g/mol. The third-order valence-corrected chi connectivity index (χ3v) is 3.64. The molecule has 0 aromatic carbocycles. The molecule has 0 spiro atoms. The molecular formula is C14H22N2OS. The van der Waals surface area contributed by atoms with Crippen molar-refractivity contribution in [2.45, 2.75) is 26.4 Å². The lowest BCUT2D eigenvalue weighted by Crippen LogP contribution is -2.33. The fourth-order valence-electron chi connectivity index (χ4n) is 1.63. The van der Waals surface area contributed by atoms with Gasteiger partial charge >= 0.3 is 0 Å². The van der Waals surface area contributed by atoms with Gasteiger partial charge in [-0.2, -0.15) is 0 Å². The van der Waals surface area contributed by atoms with E-state index < -0.39 is 0 Å². The molecule has 0 aliphatic rings. The first-order valence-electron chi connectivity index (χ1n) is 6.17. The van der Waals surface area contributed by atoms with Gasteiger partial charge in [0.05, 0.1) is 13.2 Å². The summed E-state index contributed by atoms with van der Waals surface area (Å²) in [7, 11) is 1.74. The molecular weight excluding hydrogens is 244 g/mol. The first-order valence-corrected chi connectivity index (χ1v) is 7.05. The second-order valence-electron chi connectivity index (χ2n) is 4.32. The standard InChI is InChI=1S/C14H22N2OS/c1-12(2)16(8-9-17-3)11-14-13(5-4-7-15)6-10-18-14/h6,10,12H,7-9,11,15H2,1-3H3. The van der Waals surface area contributed by atoms with E-state index in [2.05, 4.69) is 42.0 Å². The Bertz CT molecular complexity index is 403. The number of hydrogen-bond acceptors (Lipinski definition) is 4. The van der Waals surface area contributed by atoms with Crippen molar-refractivity contribution >= 4 is 11.3 Å². The highest BCUT2D eigenvalue weighted by molar-refractivity contribution is 7.10. The molecule has 0 aliphatic heterocycles. The van der Waals surface area contributed by atoms with Crippen LogP contribution in [0.15, 0.2) is 11.4 Å². The summed E-state index contributed by atoms with van der Waals surface area (Å²) in [5.74, 6) is 6.05. The van der Waals surface area contributed by atoms with E-state index in [1.165, 1.54) is 4.88 Å². The molecule has 0 radical (unpaired) electrons. The van der Waals surface area contributed by atoms with E-state index in [9.17, 15) is 0 Å². The van der Waals surface area contributed by atoms with Gasteiger partial charge in [-0.3, -0.25) is 4.90 Å². The average Bonchev–Trinajstić information content (AvgIpc) is 2.78. The molecule has 3 nitrogen and oxygen atoms in total. The number of nitrogens with zero attached hydrogens (tertiary/aromatic N) is 1. The molecule has 2 N–H and O–H groups in total. The first kappa shape index (κ1) is 15.2. The average molecular weight is 266 g/mol. The predicted octanol–water partition coefficient (Wildman–Crippen LogP) is 1.92. The maximum atomic E-state index is 5.41. The van der Waals surface area contributed by atoms with Gasteiger partial charge in [0.25, 0.3) is 0 Å². The van der Waals surface area contributed by atoms with Crippen LogP contribution in [0.2, 0.25) is 0 Å². The number of nitrogens with two attached hydrogens (primary N) is 1. The van der Waals surface area contributed by atoms with Gasteiger partial charge < -0.3 is 10.5 Å². The number of thiophene rings is 1. The maximum Gasteiger partial charge on any atom is 0.0589 e. The van der Waals surface area contributed by atoms with Crippen molar-refractivity contribution < 1.29 is 4.74 Å². The Balaban J connectivity index is 2.71. The highest BCUT2D eigenvalue weighted by Gasteiger charge is 2.12. The molecule has 0 saturated heterocycles. The van der Waals surface area contributed by atoms with E-state index >= 15 is 0 Å². The molecule has 1 heterocycles. The quantitative estimate of drug-likeness (QED) is 0.799. The second kappa shape index (κ2) is 8.28. The molecule has 0 atom stereocenters. The fourth-order valence-corrected chi connectivity index (χ4v) is 2.49. The molecule has 0 aliphatic carbocycles. The second-order valence-corrected chi connectivity index (χ2v) is 5.32. The largest absolute Gasteiger partial charge is 0.383 e. The SMILES string of the molecule is COCCN(Cc1sccc1C#CCN)C(C)C. The summed E-state index contributed by atoms with van der Waals surface area (Å²) in [6, 6.07) is 2.56. The van der Waals surface area contributed by atoms with E-state index in [0.29, 0.717) is 12.6 Å². The predicted molar refractivity (Wildman–Crippen MR) is 77.7 cm³/mol. The van der Waals surface area contributed by atoms with Crippen LogP contribution in [0.4, 0.5) is 0 Å². The minimum absolute atomic E-state index is 0.410. The number of hydrogen-bond donors (Lipinski definition) is 1. The Morgan fingerprint density at radius 3 is 2.89 bits per heavy atom. The third-order valence-electron chi connectivity index (χ3n) is 2.73. The normalized spacial score (nSPS) is 10.8. The molecule has 0 amide bonds. The summed E-state index contributed by atoms with van der Waals surface area (Å²) in [6.45, 7) is 7.44. The summed E-state index contributed by atoms with van der Waals surface area (Å²) in [6.07, 6.45) is 0. The minimum Gasteiger partial charge on any atom is -0.383 e. The molecule has 18 heavy (non-hydrogen) atoms. The van der Waals surface area contributed by atoms with Crippen LogP contribution in [-0.4, -0.2) is 37.7 Å². The number of methoxy groups -OCH3 is 1. The third kappa shape index (κ3) is 4.79. The van der Waals surface area contributed by atoms with Crippen molar-refractivity contribution in [2.75, 3.05) is 26.8 Å². The zero-order valence-electron chi connectivity index (χ0n) is 11.4. The topological polar surface area (TPSA) is 38.5 Å². The van der Waals surface area contributed by atoms with Crippen molar-refractivity contribution in [3.63, 3.8) is 0 Å². The van der Waals surface area contributed by atoms with Crippen LogP contribution in [0.5, 0.6) is 0 Å². The highest BCUT2D eigenvalue weighted by Crippen LogP contribution is 2.19. The van der Waals surface area contributed by atoms with Gasteiger partial charge in [0.2, 0.25) is 0 Å². The Kier molecular flexibility index (Phi) is 6.99. The summed E-state index contributed by atoms with van der Waals surface area (Å²) < 4.78 is 5.15. The number of rotatable bonds is 6. The molecule has 1 aromatic rings. The van der Waals surface area contributed by atoms with Gasteiger partial charge in [0.15, 0.2) is 0 Å². The van der Waals surface area contributed by atoms with Crippen LogP contribution in [0.1, 0.15) is 24.3 Å². The highest BCUT2D eigenvalue weighted by atomic mass is 32.1. The molecule has 1 aromatic heterocycles. The van der Waals surface area contributed by atoms with Crippen LogP contribution in [0.25, 0.3) is 0 Å². The summed E-state index contributed by atoms with van der Waals surface area (Å²) in [5, 5.41) is 2.09. The lowest BCUT2D eigenvalue weighted by Gasteiger charge is -2.25. The van der Waals surface area contributed by atoms with Crippen LogP contribution in [0.3, 0.4) is 0 Å². The minimum atomic E-state index is 0.410. The van der Waals surface area contributed by atoms with Crippen molar-refractivity contribution in [1.82, 2.24) is 4.90 Å². The van der Waals surface area contributed by atoms with Crippen molar-refractivity contribution in [3.8, 4) is 11.8 Å². The molecule has 0 bridgehead atoms. The summed E-state index contributed by atoms with van der Waals surface area (Å²) >= 11 is 1.75. The van der Waals surface area contributed by atoms with Gasteiger partial charge in [0.1, 0.15) is 0 Å². The van der Waals surface area contributed by atoms with Gasteiger partial charge in [-0.15, -0.1) is 11.3 Å². The van der Waals surface area contributed by atoms with E-state index in [-0.39, 0.29) is 0 Å². The molecule has 4 heteroatoms. The molecule has 1 rings (SSSR count). The van der Waals surface area contributed by atoms with Crippen LogP contribution in [0, 0.1) is 11.8 Å². The number of ether oxygens (including phenoxy) is 1. The smallest absolute Gasteiger partial charge is 0.0589 e. The Labute approximate surface area is 114 Å². The van der Waals surface area contributed by atoms with E-state index in [1.54, 1.807) is 18.4 Å². The Hall–Kier alpha value is -0.860. The van der Waals surface area contributed by atoms with E-state index in [0.717, 1.165) is 25.3 Å². The molecule has 100 valence electrons. The van der Waals surface area contributed by atoms with Gasteiger partial charge in [-0.25, -0.2) is 0 Å². The van der Waals surface area contributed by atoms with Crippen molar-refractivity contribution in [2.24, 2.45) is 5.73 Å². The Morgan fingerprint density at radius 2 is 2.28 bits per heavy atom. The van der Waals surface area contributed by atoms with Crippen LogP contribution in [-0.2, 0) is 11.3 Å². The summed E-state index contributed by atoms with van der Waals surface area (Å²) in [5.41, 5.74) is 6.52. The van der Waals surface area contributed by atoms with Crippen molar-refractivity contribution in [3.05, 3.63) is 21.9 Å². The van der Waals surface area contributed by atoms with Crippen molar-refractivity contribution in [1.29, 1.82) is 0 Å². The Morgan fingerprint density at radius 1 is 1.50 bits per heavy atom. The lowest BCUT2D eigenvalue weighted by atomic mass is 10.2. The summed E-state index contributed by atoms with van der Waals surface area (Å²) in [4.78, 5) is 3.70. The zero-order valence-corrected chi connectivity index (χ0v) is 12.2. The van der Waals surface area contributed by atoms with Gasteiger partial charge in [-0.1, -0.05) is 11.8 Å². The molecule has 0 fully saturated rings. The first-order chi connectivity index (χ1) is 8.69. The van der Waals surface area contributed by atoms with E-state index in [4.69, 9.17) is 10.5 Å². The van der Waals surface area contributed by atoms with Crippen LogP contribution >= 0.6 is 11.3 Å². The van der Waals surface area contributed by atoms with Gasteiger partial charge in [0, 0.05) is 36.7 Å². The lowest BCUT2D eigenvalue weighted by molar-refractivity contribution is 0.125. The van der Waals surface area contributed by atoms with Gasteiger partial charge in [-0.05, 0) is 25.3 Å². The molecule has 0 saturated carbocycles. The zero-order chi connectivity index (χ0) is 13.4. The van der Waals surface area contributed by atoms with E-state index in [1.807, 2.05) is 0 Å². The molecule has 0 unspecified atom stereocenters. The van der Waals surface area contributed by atoms with Crippen LogP contribution < -0.4 is 5.73 Å². The fraction of sp³-hybridized carbons (Fsp3) is 0.571.